The maximum atomic E-state index is 3.26. The molecule has 1 aromatic heterocycles. The Kier molecular flexibility index (Phi) is 9.95. The van der Waals surface area contributed by atoms with E-state index in [4.69, 9.17) is 0 Å². The van der Waals surface area contributed by atoms with Gasteiger partial charge in [-0.05, 0) is 24.7 Å². The molecule has 0 atom stereocenters. The van der Waals surface area contributed by atoms with E-state index >= 15 is 0 Å². The summed E-state index contributed by atoms with van der Waals surface area (Å²) in [5.74, 6) is 0. The summed E-state index contributed by atoms with van der Waals surface area (Å²) in [5, 5.41) is 3.90. The van der Waals surface area contributed by atoms with Crippen LogP contribution in [0.25, 0.3) is 27.4 Å². The van der Waals surface area contributed by atoms with E-state index in [1.165, 1.54) is 49.8 Å². The van der Waals surface area contributed by atoms with Gasteiger partial charge in [-0.2, -0.15) is 11.1 Å². The van der Waals surface area contributed by atoms with Gasteiger partial charge in [0.2, 0.25) is 0 Å². The first kappa shape index (κ1) is 26.6. The van der Waals surface area contributed by atoms with Gasteiger partial charge in [0.25, 0.3) is 0 Å². The predicted molar refractivity (Wildman–Crippen MR) is 117 cm³/mol. The molecule has 0 N–H and O–H groups in total. The Hall–Kier alpha value is -1.47. The normalized spacial score (nSPS) is 12.5. The third-order valence-electron chi connectivity index (χ3n) is 5.58. The van der Waals surface area contributed by atoms with Crippen LogP contribution < -0.4 is 24.8 Å². The first-order valence-electron chi connectivity index (χ1n) is 9.51. The SMILES string of the molecule is CC1=[C-]CC(C)=C1C.Cc1cc2ccccc2n1-c1cc2ccccc2[cH-]1.[Cl-].[Cl-].[Zr+4]. The molecular weight excluding hydrogens is 488 g/mol. The number of aromatic nitrogens is 1. The molecule has 0 spiro atoms. The number of benzene rings is 2. The molecule has 0 fully saturated rings. The molecule has 4 heteroatoms. The molecule has 3 aromatic carbocycles. The van der Waals surface area contributed by atoms with Crippen LogP contribution in [-0.2, 0) is 26.2 Å². The van der Waals surface area contributed by atoms with Gasteiger partial charge in [-0.25, -0.2) is 5.57 Å². The number of allylic oxidation sites excluding steroid dienone is 4. The van der Waals surface area contributed by atoms with Crippen molar-refractivity contribution in [2.45, 2.75) is 34.1 Å². The molecule has 0 bridgehead atoms. The van der Waals surface area contributed by atoms with Crippen LogP contribution in [-0.4, -0.2) is 4.57 Å². The summed E-state index contributed by atoms with van der Waals surface area (Å²) in [4.78, 5) is 0. The largest absolute Gasteiger partial charge is 4.00 e. The van der Waals surface area contributed by atoms with Crippen molar-refractivity contribution in [2.75, 3.05) is 0 Å². The smallest absolute Gasteiger partial charge is 1.00 e. The van der Waals surface area contributed by atoms with Gasteiger partial charge in [-0.3, -0.25) is 6.08 Å². The molecule has 1 nitrogen and oxygen atoms in total. The second-order valence-corrected chi connectivity index (χ2v) is 7.41. The van der Waals surface area contributed by atoms with Gasteiger partial charge in [0.05, 0.1) is 5.52 Å². The van der Waals surface area contributed by atoms with Gasteiger partial charge in [-0.15, -0.1) is 54.4 Å². The monoisotopic (exact) mass is 511 g/mol. The molecule has 152 valence electrons. The molecule has 0 radical (unpaired) electrons. The number of nitrogens with zero attached hydrogens (tertiary/aromatic N) is 1. The second-order valence-electron chi connectivity index (χ2n) is 7.41. The molecule has 0 saturated heterocycles. The fourth-order valence-corrected chi connectivity index (χ4v) is 3.75. The Morgan fingerprint density at radius 2 is 1.47 bits per heavy atom. The average Bonchev–Trinajstić information content (AvgIpc) is 3.32. The molecule has 1 aliphatic rings. The van der Waals surface area contributed by atoms with E-state index < -0.39 is 0 Å². The maximum Gasteiger partial charge on any atom is 4.00 e. The standard InChI is InChI=1S/C18H14N.C8H11.2ClH.Zr/c1-13-10-16-8-4-5-9-18(16)19(13)17-11-14-6-2-3-7-15(14)12-17;1-6-4-5-7(2)8(6)3;;;/h2-12H,1H3;4H2,1-3H3;2*1H;/q2*-1;;;+4/p-2. The number of rotatable bonds is 1. The second kappa shape index (κ2) is 11.2. The molecule has 0 amide bonds. The topological polar surface area (TPSA) is 4.93 Å². The number of aryl methyl sites for hydroxylation is 1. The van der Waals surface area contributed by atoms with Crippen LogP contribution in [0.1, 0.15) is 32.9 Å². The predicted octanol–water partition coefficient (Wildman–Crippen LogP) is 1.29. The summed E-state index contributed by atoms with van der Waals surface area (Å²) in [6.07, 6.45) is 4.31. The molecule has 0 unspecified atom stereocenters. The summed E-state index contributed by atoms with van der Waals surface area (Å²) in [6, 6.07) is 23.8. The van der Waals surface area contributed by atoms with E-state index in [1.807, 2.05) is 0 Å². The number of halogens is 2. The minimum Gasteiger partial charge on any atom is -1.00 e. The zero-order chi connectivity index (χ0) is 19.0. The van der Waals surface area contributed by atoms with E-state index in [9.17, 15) is 0 Å². The zero-order valence-electron chi connectivity index (χ0n) is 17.8. The summed E-state index contributed by atoms with van der Waals surface area (Å²) in [6.45, 7) is 8.60. The number of hydrogen-bond acceptors (Lipinski definition) is 0. The molecule has 0 aliphatic heterocycles. The fourth-order valence-electron chi connectivity index (χ4n) is 3.75. The molecule has 1 aliphatic carbocycles. The Labute approximate surface area is 211 Å². The van der Waals surface area contributed by atoms with Crippen LogP contribution >= 0.6 is 0 Å². The van der Waals surface area contributed by atoms with Crippen LogP contribution in [0.3, 0.4) is 0 Å². The van der Waals surface area contributed by atoms with Crippen molar-refractivity contribution in [3.8, 4) is 5.69 Å². The Bertz CT molecular complexity index is 1160. The maximum absolute atomic E-state index is 3.26. The van der Waals surface area contributed by atoms with Gasteiger partial charge >= 0.3 is 26.2 Å². The van der Waals surface area contributed by atoms with Gasteiger partial charge < -0.3 is 29.4 Å². The quantitative estimate of drug-likeness (QED) is 0.338. The van der Waals surface area contributed by atoms with E-state index in [2.05, 4.69) is 105 Å². The minimum atomic E-state index is 0. The van der Waals surface area contributed by atoms with Crippen LogP contribution in [0, 0.1) is 13.0 Å². The van der Waals surface area contributed by atoms with Gasteiger partial charge in [0.1, 0.15) is 0 Å². The molecular formula is C26H25Cl2NZr. The van der Waals surface area contributed by atoms with Crippen LogP contribution in [0.15, 0.2) is 83.4 Å². The minimum absolute atomic E-state index is 0. The summed E-state index contributed by atoms with van der Waals surface area (Å²) >= 11 is 0. The zero-order valence-corrected chi connectivity index (χ0v) is 21.7. The van der Waals surface area contributed by atoms with E-state index in [-0.39, 0.29) is 51.0 Å². The molecule has 30 heavy (non-hydrogen) atoms. The van der Waals surface area contributed by atoms with E-state index in [0.717, 1.165) is 6.42 Å². The van der Waals surface area contributed by atoms with Crippen molar-refractivity contribution >= 4 is 21.7 Å². The third kappa shape index (κ3) is 5.23. The van der Waals surface area contributed by atoms with Gasteiger partial charge in [-0.1, -0.05) is 38.1 Å². The Morgan fingerprint density at radius 1 is 0.833 bits per heavy atom. The number of hydrogen-bond donors (Lipinski definition) is 0. The third-order valence-corrected chi connectivity index (χ3v) is 5.58. The number of fused-ring (bicyclic) bond motifs is 2. The van der Waals surface area contributed by atoms with Crippen molar-refractivity contribution < 1.29 is 51.0 Å². The summed E-state index contributed by atoms with van der Waals surface area (Å²) in [7, 11) is 0. The Morgan fingerprint density at radius 3 is 2.03 bits per heavy atom. The first-order chi connectivity index (χ1) is 13.0. The average molecular weight is 514 g/mol. The van der Waals surface area contributed by atoms with Crippen molar-refractivity contribution in [3.63, 3.8) is 0 Å². The fraction of sp³-hybridized carbons (Fsp3) is 0.192. The molecule has 1 heterocycles. The molecule has 0 saturated carbocycles. The van der Waals surface area contributed by atoms with Crippen molar-refractivity contribution in [2.24, 2.45) is 0 Å². The van der Waals surface area contributed by atoms with Crippen LogP contribution in [0.5, 0.6) is 0 Å². The Balaban J connectivity index is 0.000000355. The van der Waals surface area contributed by atoms with Crippen molar-refractivity contribution in [3.05, 3.63) is 95.2 Å². The van der Waals surface area contributed by atoms with Crippen molar-refractivity contribution in [1.82, 2.24) is 4.57 Å². The van der Waals surface area contributed by atoms with Crippen LogP contribution in [0.4, 0.5) is 0 Å². The summed E-state index contributed by atoms with van der Waals surface area (Å²) in [5.41, 5.74) is 8.04. The van der Waals surface area contributed by atoms with E-state index in [1.54, 1.807) is 0 Å². The van der Waals surface area contributed by atoms with E-state index in [0.29, 0.717) is 0 Å². The number of para-hydroxylation sites is 1. The van der Waals surface area contributed by atoms with Crippen molar-refractivity contribution in [1.29, 1.82) is 0 Å². The van der Waals surface area contributed by atoms with Crippen LogP contribution in [0.2, 0.25) is 0 Å². The molecule has 4 aromatic rings. The van der Waals surface area contributed by atoms with Gasteiger partial charge in [0.15, 0.2) is 0 Å². The summed E-state index contributed by atoms with van der Waals surface area (Å²) < 4.78 is 2.33. The first-order valence-corrected chi connectivity index (χ1v) is 9.51. The van der Waals surface area contributed by atoms with Gasteiger partial charge in [0, 0.05) is 11.1 Å². The molecule has 5 rings (SSSR count).